The second kappa shape index (κ2) is 7.49. The predicted molar refractivity (Wildman–Crippen MR) is 78.8 cm³/mol. The molecule has 2 N–H and O–H groups in total. The van der Waals surface area contributed by atoms with Gasteiger partial charge in [-0.25, -0.2) is 17.2 Å². The molecule has 1 aromatic carbocycles. The summed E-state index contributed by atoms with van der Waals surface area (Å²) >= 11 is 0. The second-order valence-electron chi connectivity index (χ2n) is 4.92. The maximum absolute atomic E-state index is 13.7. The Morgan fingerprint density at radius 3 is 2.62 bits per heavy atom. The lowest BCUT2D eigenvalue weighted by Crippen LogP contribution is -2.44. The van der Waals surface area contributed by atoms with Gasteiger partial charge in [-0.2, -0.15) is 4.31 Å². The van der Waals surface area contributed by atoms with Crippen LogP contribution in [-0.2, 0) is 10.0 Å². The minimum absolute atomic E-state index is 0. The van der Waals surface area contributed by atoms with Gasteiger partial charge in [0, 0.05) is 18.7 Å². The summed E-state index contributed by atoms with van der Waals surface area (Å²) in [5.74, 6) is -1.85. The summed E-state index contributed by atoms with van der Waals surface area (Å²) in [5.41, 5.74) is 5.51. The van der Waals surface area contributed by atoms with E-state index >= 15 is 0 Å². The Labute approximate surface area is 129 Å². The summed E-state index contributed by atoms with van der Waals surface area (Å²) in [6, 6.07) is 2.32. The van der Waals surface area contributed by atoms with E-state index in [4.69, 9.17) is 5.73 Å². The van der Waals surface area contributed by atoms with Gasteiger partial charge in [-0.05, 0) is 37.9 Å². The number of sulfonamides is 1. The minimum atomic E-state index is -3.94. The zero-order valence-corrected chi connectivity index (χ0v) is 13.1. The normalized spacial score (nSPS) is 20.0. The SMILES string of the molecule is Cl.NCCC1CCCCN1S(=O)(=O)c1ccc(F)cc1F. The Bertz CT molecular complexity index is 582. The average molecular weight is 341 g/mol. The maximum Gasteiger partial charge on any atom is 0.246 e. The topological polar surface area (TPSA) is 63.4 Å². The fourth-order valence-corrected chi connectivity index (χ4v) is 4.35. The molecule has 0 aromatic heterocycles. The van der Waals surface area contributed by atoms with Crippen LogP contribution < -0.4 is 5.73 Å². The van der Waals surface area contributed by atoms with Crippen molar-refractivity contribution in [1.29, 1.82) is 0 Å². The van der Waals surface area contributed by atoms with Gasteiger partial charge in [0.25, 0.3) is 0 Å². The lowest BCUT2D eigenvalue weighted by molar-refractivity contribution is 0.242. The van der Waals surface area contributed by atoms with Crippen LogP contribution in [-0.4, -0.2) is 31.9 Å². The van der Waals surface area contributed by atoms with Gasteiger partial charge in [0.1, 0.15) is 16.5 Å². The molecule has 0 bridgehead atoms. The van der Waals surface area contributed by atoms with Crippen LogP contribution in [0.1, 0.15) is 25.7 Å². The van der Waals surface area contributed by atoms with E-state index in [0.29, 0.717) is 25.6 Å². The summed E-state index contributed by atoms with van der Waals surface area (Å²) < 4.78 is 53.0. The van der Waals surface area contributed by atoms with Crippen LogP contribution in [0, 0.1) is 11.6 Å². The summed E-state index contributed by atoms with van der Waals surface area (Å²) in [7, 11) is -3.94. The smallest absolute Gasteiger partial charge is 0.246 e. The summed E-state index contributed by atoms with van der Waals surface area (Å²) in [4.78, 5) is -0.470. The van der Waals surface area contributed by atoms with Gasteiger partial charge in [0.2, 0.25) is 10.0 Å². The molecule has 0 spiro atoms. The van der Waals surface area contributed by atoms with E-state index in [1.807, 2.05) is 0 Å². The number of benzene rings is 1. The molecule has 1 aliphatic rings. The molecule has 0 amide bonds. The van der Waals surface area contributed by atoms with E-state index < -0.39 is 26.6 Å². The van der Waals surface area contributed by atoms with Crippen molar-refractivity contribution in [2.24, 2.45) is 5.73 Å². The number of piperidine rings is 1. The third-order valence-electron chi connectivity index (χ3n) is 3.55. The molecule has 21 heavy (non-hydrogen) atoms. The summed E-state index contributed by atoms with van der Waals surface area (Å²) in [6.07, 6.45) is 2.94. The van der Waals surface area contributed by atoms with Gasteiger partial charge in [0.05, 0.1) is 0 Å². The molecule has 4 nitrogen and oxygen atoms in total. The summed E-state index contributed by atoms with van der Waals surface area (Å²) in [6.45, 7) is 0.729. The fourth-order valence-electron chi connectivity index (χ4n) is 2.58. The van der Waals surface area contributed by atoms with Crippen molar-refractivity contribution in [2.45, 2.75) is 36.6 Å². The highest BCUT2D eigenvalue weighted by Crippen LogP contribution is 2.28. The fraction of sp³-hybridized carbons (Fsp3) is 0.538. The van der Waals surface area contributed by atoms with Crippen molar-refractivity contribution in [1.82, 2.24) is 4.31 Å². The molecule has 120 valence electrons. The van der Waals surface area contributed by atoms with Crippen LogP contribution in [0.25, 0.3) is 0 Å². The highest BCUT2D eigenvalue weighted by Gasteiger charge is 2.34. The molecule has 1 aromatic rings. The van der Waals surface area contributed by atoms with Crippen molar-refractivity contribution >= 4 is 22.4 Å². The van der Waals surface area contributed by atoms with E-state index in [2.05, 4.69) is 0 Å². The Morgan fingerprint density at radius 1 is 1.29 bits per heavy atom. The van der Waals surface area contributed by atoms with E-state index in [0.717, 1.165) is 31.4 Å². The number of hydrogen-bond acceptors (Lipinski definition) is 3. The van der Waals surface area contributed by atoms with E-state index in [9.17, 15) is 17.2 Å². The molecule has 1 saturated heterocycles. The monoisotopic (exact) mass is 340 g/mol. The molecule has 1 heterocycles. The van der Waals surface area contributed by atoms with Crippen molar-refractivity contribution in [2.75, 3.05) is 13.1 Å². The molecular weight excluding hydrogens is 322 g/mol. The van der Waals surface area contributed by atoms with Gasteiger partial charge >= 0.3 is 0 Å². The van der Waals surface area contributed by atoms with Gasteiger partial charge in [0.15, 0.2) is 0 Å². The maximum atomic E-state index is 13.7. The third-order valence-corrected chi connectivity index (χ3v) is 5.54. The average Bonchev–Trinajstić information content (AvgIpc) is 2.39. The van der Waals surface area contributed by atoms with Gasteiger partial charge in [-0.1, -0.05) is 6.42 Å². The van der Waals surface area contributed by atoms with Crippen molar-refractivity contribution < 1.29 is 17.2 Å². The second-order valence-corrected chi connectivity index (χ2v) is 6.78. The molecule has 1 fully saturated rings. The molecule has 1 aliphatic heterocycles. The first-order valence-electron chi connectivity index (χ1n) is 6.64. The van der Waals surface area contributed by atoms with E-state index in [1.54, 1.807) is 0 Å². The molecule has 0 aliphatic carbocycles. The number of halogens is 3. The van der Waals surface area contributed by atoms with Crippen molar-refractivity contribution in [3.8, 4) is 0 Å². The molecule has 1 unspecified atom stereocenters. The summed E-state index contributed by atoms with van der Waals surface area (Å²) in [5, 5.41) is 0. The Morgan fingerprint density at radius 2 is 2.00 bits per heavy atom. The number of hydrogen-bond donors (Lipinski definition) is 1. The first kappa shape index (κ1) is 18.3. The van der Waals surface area contributed by atoms with Crippen molar-refractivity contribution in [3.63, 3.8) is 0 Å². The zero-order valence-electron chi connectivity index (χ0n) is 11.5. The Hall–Kier alpha value is -0.760. The lowest BCUT2D eigenvalue weighted by Gasteiger charge is -2.34. The molecule has 2 rings (SSSR count). The minimum Gasteiger partial charge on any atom is -0.330 e. The van der Waals surface area contributed by atoms with Gasteiger partial charge < -0.3 is 5.73 Å². The van der Waals surface area contributed by atoms with Crippen LogP contribution in [0.4, 0.5) is 8.78 Å². The Kier molecular flexibility index (Phi) is 6.52. The quantitative estimate of drug-likeness (QED) is 0.914. The predicted octanol–water partition coefficient (Wildman–Crippen LogP) is 2.28. The molecule has 0 saturated carbocycles. The van der Waals surface area contributed by atoms with Gasteiger partial charge in [-0.3, -0.25) is 0 Å². The molecular formula is C13H19ClF2N2O2S. The lowest BCUT2D eigenvalue weighted by atomic mass is 10.0. The number of rotatable bonds is 4. The third kappa shape index (κ3) is 3.91. The first-order valence-corrected chi connectivity index (χ1v) is 8.08. The van der Waals surface area contributed by atoms with Crippen LogP contribution in [0.3, 0.4) is 0 Å². The molecule has 0 radical (unpaired) electrons. The molecule has 8 heteroatoms. The largest absolute Gasteiger partial charge is 0.330 e. The standard InChI is InChI=1S/C13H18F2N2O2S.ClH/c14-10-4-5-13(12(15)9-10)20(18,19)17-8-2-1-3-11(17)6-7-16;/h4-5,9,11H,1-3,6-8,16H2;1H. The van der Waals surface area contributed by atoms with Gasteiger partial charge in [-0.15, -0.1) is 12.4 Å². The van der Waals surface area contributed by atoms with Crippen molar-refractivity contribution in [3.05, 3.63) is 29.8 Å². The zero-order chi connectivity index (χ0) is 14.8. The number of nitrogens with two attached hydrogens (primary N) is 1. The van der Waals surface area contributed by atoms with Crippen LogP contribution in [0.2, 0.25) is 0 Å². The highest BCUT2D eigenvalue weighted by molar-refractivity contribution is 7.89. The number of nitrogens with zero attached hydrogens (tertiary/aromatic N) is 1. The van der Waals surface area contributed by atoms with Crippen LogP contribution in [0.5, 0.6) is 0 Å². The Balaban J connectivity index is 0.00000220. The van der Waals surface area contributed by atoms with E-state index in [-0.39, 0.29) is 18.4 Å². The molecule has 1 atom stereocenters. The first-order chi connectivity index (χ1) is 9.46. The van der Waals surface area contributed by atoms with E-state index in [1.165, 1.54) is 4.31 Å². The van der Waals surface area contributed by atoms with Crippen LogP contribution in [0.15, 0.2) is 23.1 Å². The highest BCUT2D eigenvalue weighted by atomic mass is 35.5. The van der Waals surface area contributed by atoms with Crippen LogP contribution >= 0.6 is 12.4 Å².